The lowest BCUT2D eigenvalue weighted by atomic mass is 9.99. The van der Waals surface area contributed by atoms with Gasteiger partial charge in [0.2, 0.25) is 5.91 Å². The zero-order valence-corrected chi connectivity index (χ0v) is 17.6. The Morgan fingerprint density at radius 2 is 2.07 bits per heavy atom. The van der Waals surface area contributed by atoms with Gasteiger partial charge >= 0.3 is 0 Å². The molecular weight excluding hydrogens is 418 g/mol. The molecule has 2 aromatic rings. The van der Waals surface area contributed by atoms with Gasteiger partial charge in [-0.25, -0.2) is 8.42 Å². The van der Waals surface area contributed by atoms with E-state index in [1.54, 1.807) is 17.5 Å². The van der Waals surface area contributed by atoms with Gasteiger partial charge in [-0.1, -0.05) is 6.07 Å². The molecule has 1 aliphatic heterocycles. The fourth-order valence-electron chi connectivity index (χ4n) is 3.88. The number of hydrogen-bond acceptors (Lipinski definition) is 6. The third-order valence-electron chi connectivity index (χ3n) is 5.25. The summed E-state index contributed by atoms with van der Waals surface area (Å²) in [4.78, 5) is 25.9. The van der Waals surface area contributed by atoms with E-state index in [2.05, 4.69) is 5.32 Å². The van der Waals surface area contributed by atoms with Crippen LogP contribution in [0.2, 0.25) is 0 Å². The molecule has 1 aliphatic carbocycles. The predicted molar refractivity (Wildman–Crippen MR) is 109 cm³/mol. The van der Waals surface area contributed by atoms with Crippen molar-refractivity contribution < 1.29 is 18.0 Å². The molecule has 7 nitrogen and oxygen atoms in total. The summed E-state index contributed by atoms with van der Waals surface area (Å²) in [7, 11) is -3.58. The number of fused-ring (bicyclic) bond motifs is 1. The molecule has 1 unspecified atom stereocenters. The van der Waals surface area contributed by atoms with Crippen LogP contribution in [0.1, 0.15) is 40.1 Å². The topological polar surface area (TPSA) is 110 Å². The number of nitrogens with two attached hydrogens (primary N) is 1. The number of aryl methyl sites for hydroxylation is 1. The third-order valence-corrected chi connectivity index (χ3v) is 9.69. The van der Waals surface area contributed by atoms with Crippen molar-refractivity contribution in [3.8, 4) is 0 Å². The number of sulfonamides is 1. The average Bonchev–Trinajstić information content (AvgIpc) is 3.38. The highest BCUT2D eigenvalue weighted by Crippen LogP contribution is 2.39. The summed E-state index contributed by atoms with van der Waals surface area (Å²) in [5, 5.41) is 5.08. The van der Waals surface area contributed by atoms with Gasteiger partial charge in [0, 0.05) is 18.0 Å². The van der Waals surface area contributed by atoms with E-state index in [-0.39, 0.29) is 12.5 Å². The van der Waals surface area contributed by atoms with Crippen molar-refractivity contribution in [2.24, 2.45) is 11.7 Å². The number of piperidine rings is 1. The van der Waals surface area contributed by atoms with E-state index in [9.17, 15) is 18.0 Å². The molecule has 0 saturated carbocycles. The molecule has 10 heteroatoms. The zero-order valence-electron chi connectivity index (χ0n) is 15.1. The molecule has 1 atom stereocenters. The quantitative estimate of drug-likeness (QED) is 0.745. The van der Waals surface area contributed by atoms with E-state index >= 15 is 0 Å². The molecule has 150 valence electrons. The van der Waals surface area contributed by atoms with Crippen LogP contribution in [0.3, 0.4) is 0 Å². The summed E-state index contributed by atoms with van der Waals surface area (Å²) >= 11 is 2.58. The molecule has 2 aromatic heterocycles. The van der Waals surface area contributed by atoms with Crippen LogP contribution in [0.4, 0.5) is 5.00 Å². The van der Waals surface area contributed by atoms with E-state index in [4.69, 9.17) is 5.73 Å². The molecule has 0 spiro atoms. The van der Waals surface area contributed by atoms with Gasteiger partial charge in [-0.15, -0.1) is 22.7 Å². The Balaban J connectivity index is 1.51. The average molecular weight is 440 g/mol. The van der Waals surface area contributed by atoms with Gasteiger partial charge in [-0.05, 0) is 49.1 Å². The minimum absolute atomic E-state index is 0.142. The molecule has 3 N–H and O–H groups in total. The van der Waals surface area contributed by atoms with Crippen LogP contribution < -0.4 is 11.1 Å². The molecule has 4 rings (SSSR count). The first kappa shape index (κ1) is 19.6. The van der Waals surface area contributed by atoms with Crippen LogP contribution in [0.15, 0.2) is 21.7 Å². The normalized spacial score (nSPS) is 20.1. The Morgan fingerprint density at radius 1 is 1.25 bits per heavy atom. The number of primary amides is 1. The van der Waals surface area contributed by atoms with Gasteiger partial charge in [-0.3, -0.25) is 9.59 Å². The van der Waals surface area contributed by atoms with Crippen LogP contribution in [0.5, 0.6) is 0 Å². The van der Waals surface area contributed by atoms with Gasteiger partial charge in [-0.2, -0.15) is 4.31 Å². The van der Waals surface area contributed by atoms with E-state index in [0.717, 1.165) is 29.7 Å². The van der Waals surface area contributed by atoms with E-state index in [0.29, 0.717) is 34.2 Å². The fourth-order valence-corrected chi connectivity index (χ4v) is 7.85. The zero-order chi connectivity index (χ0) is 19.9. The second-order valence-electron chi connectivity index (χ2n) is 7.05. The van der Waals surface area contributed by atoms with E-state index < -0.39 is 21.8 Å². The lowest BCUT2D eigenvalue weighted by Gasteiger charge is -2.30. The minimum Gasteiger partial charge on any atom is -0.365 e. The smallest absolute Gasteiger partial charge is 0.252 e. The summed E-state index contributed by atoms with van der Waals surface area (Å²) < 4.78 is 27.2. The molecule has 1 saturated heterocycles. The number of anilines is 1. The van der Waals surface area contributed by atoms with E-state index in [1.165, 1.54) is 27.0 Å². The maximum Gasteiger partial charge on any atom is 0.252 e. The molecular formula is C18H21N3O4S3. The second-order valence-corrected chi connectivity index (χ2v) is 11.3. The van der Waals surface area contributed by atoms with Crippen molar-refractivity contribution in [1.29, 1.82) is 0 Å². The molecule has 0 aromatic carbocycles. The Kier molecular flexibility index (Phi) is 5.30. The first-order valence-electron chi connectivity index (χ1n) is 9.17. The van der Waals surface area contributed by atoms with Gasteiger partial charge in [0.25, 0.3) is 15.9 Å². The number of hydrogen-bond donors (Lipinski definition) is 2. The molecule has 2 aliphatic rings. The van der Waals surface area contributed by atoms with E-state index in [1.807, 2.05) is 0 Å². The first-order valence-corrected chi connectivity index (χ1v) is 12.3. The summed E-state index contributed by atoms with van der Waals surface area (Å²) in [6.45, 7) is 0.549. The lowest BCUT2D eigenvalue weighted by molar-refractivity contribution is -0.120. The molecule has 3 heterocycles. The number of amides is 2. The van der Waals surface area contributed by atoms with Crippen LogP contribution in [-0.2, 0) is 27.7 Å². The summed E-state index contributed by atoms with van der Waals surface area (Å²) in [6, 6.07) is 3.28. The van der Waals surface area contributed by atoms with Crippen molar-refractivity contribution >= 4 is 49.5 Å². The lowest BCUT2D eigenvalue weighted by Crippen LogP contribution is -2.43. The molecule has 28 heavy (non-hydrogen) atoms. The Labute approximate surface area is 171 Å². The minimum atomic E-state index is -3.58. The number of thiophene rings is 2. The van der Waals surface area contributed by atoms with Crippen LogP contribution in [0.25, 0.3) is 0 Å². The second kappa shape index (κ2) is 7.58. The standard InChI is InChI=1S/C18H21N3O4S3/c19-16(22)15-12-5-1-6-13(12)27-18(15)20-17(23)11-4-2-8-21(10-11)28(24,25)14-7-3-9-26-14/h3,7,9,11H,1-2,4-6,8,10H2,(H2,19,22)(H,20,23). The fraction of sp³-hybridized carbons (Fsp3) is 0.444. The molecule has 0 bridgehead atoms. The number of nitrogens with one attached hydrogen (secondary N) is 1. The van der Waals surface area contributed by atoms with Crippen molar-refractivity contribution in [2.75, 3.05) is 18.4 Å². The highest BCUT2D eigenvalue weighted by atomic mass is 32.2. The summed E-state index contributed by atoms with van der Waals surface area (Å²) in [5.74, 6) is -1.24. The van der Waals surface area contributed by atoms with Gasteiger partial charge in [0.15, 0.2) is 0 Å². The summed E-state index contributed by atoms with van der Waals surface area (Å²) in [5.41, 5.74) is 6.93. The monoisotopic (exact) mass is 439 g/mol. The highest BCUT2D eigenvalue weighted by Gasteiger charge is 2.35. The van der Waals surface area contributed by atoms with Crippen molar-refractivity contribution in [1.82, 2.24) is 4.31 Å². The third kappa shape index (κ3) is 3.49. The van der Waals surface area contributed by atoms with Crippen LogP contribution in [0, 0.1) is 5.92 Å². The summed E-state index contributed by atoms with van der Waals surface area (Å²) in [6.07, 6.45) is 3.92. The number of carbonyl (C=O) groups excluding carboxylic acids is 2. The number of nitrogens with zero attached hydrogens (tertiary/aromatic N) is 1. The van der Waals surface area contributed by atoms with Crippen molar-refractivity contribution in [3.63, 3.8) is 0 Å². The van der Waals surface area contributed by atoms with Crippen molar-refractivity contribution in [2.45, 2.75) is 36.3 Å². The maximum absolute atomic E-state index is 12.9. The van der Waals surface area contributed by atoms with Gasteiger partial charge in [0.05, 0.1) is 11.5 Å². The maximum atomic E-state index is 12.9. The highest BCUT2D eigenvalue weighted by molar-refractivity contribution is 7.91. The Hall–Kier alpha value is -1.75. The van der Waals surface area contributed by atoms with Crippen LogP contribution >= 0.6 is 22.7 Å². The van der Waals surface area contributed by atoms with Gasteiger partial charge < -0.3 is 11.1 Å². The number of carbonyl (C=O) groups is 2. The van der Waals surface area contributed by atoms with Crippen LogP contribution in [-0.4, -0.2) is 37.6 Å². The van der Waals surface area contributed by atoms with Crippen molar-refractivity contribution in [3.05, 3.63) is 33.5 Å². The molecule has 0 radical (unpaired) electrons. The first-order chi connectivity index (χ1) is 13.4. The number of rotatable bonds is 5. The molecule has 1 fully saturated rings. The van der Waals surface area contributed by atoms with Gasteiger partial charge in [0.1, 0.15) is 9.21 Å². The SMILES string of the molecule is NC(=O)c1c(NC(=O)C2CCCN(S(=O)(=O)c3cccs3)C2)sc2c1CCC2. The Morgan fingerprint density at radius 3 is 2.79 bits per heavy atom. The largest absolute Gasteiger partial charge is 0.365 e. The predicted octanol–water partition coefficient (Wildman–Crippen LogP) is 2.44. The molecule has 2 amide bonds. The Bertz CT molecular complexity index is 1010.